The first-order valence-corrected chi connectivity index (χ1v) is 11.3. The largest absolute Gasteiger partial charge is 0.519 e. The number of carboxylic acids is 2. The van der Waals surface area contributed by atoms with E-state index < -0.39 is 47.2 Å². The predicted molar refractivity (Wildman–Crippen MR) is 121 cm³/mol. The van der Waals surface area contributed by atoms with Crippen LogP contribution in [-0.4, -0.2) is 62.2 Å². The van der Waals surface area contributed by atoms with Crippen LogP contribution in [0.5, 0.6) is 11.5 Å². The third-order valence-electron chi connectivity index (χ3n) is 5.23. The molecule has 12 heteroatoms. The number of aliphatic carboxylic acids is 2. The summed E-state index contributed by atoms with van der Waals surface area (Å²) in [7, 11) is 0. The minimum absolute atomic E-state index is 0.0654. The standard InChI is InChI=1S/C23H18N2O9S/c26-18(24-17-19(27)25-15(21(28)29)10-11-35-20(17)25)16(22(30)31)12-6-8-14(9-7-12)34-23(32)33-13-4-2-1-3-5-13/h1-10,16-17,20H,11H2,(H,24,26)(H,28,29)(H,30,31)/t16?,17?,20-/m0/s1. The number of rotatable bonds is 7. The third kappa shape index (κ3) is 4.96. The highest BCUT2D eigenvalue weighted by Gasteiger charge is 2.53. The molecule has 1 saturated heterocycles. The molecule has 35 heavy (non-hydrogen) atoms. The summed E-state index contributed by atoms with van der Waals surface area (Å²) in [6.45, 7) is 0. The van der Waals surface area contributed by atoms with Crippen molar-refractivity contribution in [2.75, 3.05) is 5.75 Å². The van der Waals surface area contributed by atoms with E-state index in [1.165, 1.54) is 42.1 Å². The summed E-state index contributed by atoms with van der Waals surface area (Å²) in [4.78, 5) is 61.4. The number of carbonyl (C=O) groups excluding carboxylic acids is 3. The number of carbonyl (C=O) groups is 5. The molecule has 0 aromatic heterocycles. The van der Waals surface area contributed by atoms with Crippen LogP contribution in [0.3, 0.4) is 0 Å². The molecule has 2 aliphatic heterocycles. The van der Waals surface area contributed by atoms with Gasteiger partial charge in [0.2, 0.25) is 5.91 Å². The van der Waals surface area contributed by atoms with Crippen molar-refractivity contribution in [3.63, 3.8) is 0 Å². The number of thioether (sulfide) groups is 1. The number of nitrogens with one attached hydrogen (secondary N) is 1. The molecule has 180 valence electrons. The molecule has 3 N–H and O–H groups in total. The van der Waals surface area contributed by atoms with Crippen LogP contribution in [0, 0.1) is 0 Å². The van der Waals surface area contributed by atoms with Gasteiger partial charge < -0.3 is 25.0 Å². The van der Waals surface area contributed by atoms with Crippen LogP contribution < -0.4 is 14.8 Å². The normalized spacial score (nSPS) is 19.4. The summed E-state index contributed by atoms with van der Waals surface area (Å²) in [6.07, 6.45) is 0.406. The zero-order valence-electron chi connectivity index (χ0n) is 17.8. The molecule has 2 aromatic carbocycles. The number of amides is 2. The maximum absolute atomic E-state index is 12.8. The average Bonchev–Trinajstić information content (AvgIpc) is 2.83. The number of fused-ring (bicyclic) bond motifs is 1. The van der Waals surface area contributed by atoms with E-state index in [0.29, 0.717) is 5.75 Å². The van der Waals surface area contributed by atoms with Gasteiger partial charge in [-0.3, -0.25) is 19.3 Å². The molecule has 2 amide bonds. The Morgan fingerprint density at radius 3 is 2.20 bits per heavy atom. The van der Waals surface area contributed by atoms with Gasteiger partial charge in [0.1, 0.15) is 28.6 Å². The topological polar surface area (TPSA) is 160 Å². The zero-order chi connectivity index (χ0) is 25.1. The van der Waals surface area contributed by atoms with E-state index in [4.69, 9.17) is 9.47 Å². The van der Waals surface area contributed by atoms with Crippen LogP contribution in [0.25, 0.3) is 0 Å². The fourth-order valence-corrected chi connectivity index (χ4v) is 4.81. The number of benzene rings is 2. The molecule has 0 bridgehead atoms. The second-order valence-electron chi connectivity index (χ2n) is 7.42. The number of β-lactam (4-membered cyclic amide) rings is 1. The first-order chi connectivity index (χ1) is 16.8. The van der Waals surface area contributed by atoms with Gasteiger partial charge in [0.25, 0.3) is 5.91 Å². The molecular formula is C23H18N2O9S. The molecule has 2 unspecified atom stereocenters. The van der Waals surface area contributed by atoms with Crippen molar-refractivity contribution in [3.8, 4) is 11.5 Å². The Balaban J connectivity index is 1.40. The minimum Gasteiger partial charge on any atom is -0.480 e. The molecular weight excluding hydrogens is 480 g/mol. The lowest BCUT2D eigenvalue weighted by Gasteiger charge is -2.48. The lowest BCUT2D eigenvalue weighted by Crippen LogP contribution is -2.70. The smallest absolute Gasteiger partial charge is 0.480 e. The highest BCUT2D eigenvalue weighted by Crippen LogP contribution is 2.37. The number of para-hydroxylation sites is 1. The Morgan fingerprint density at radius 2 is 1.60 bits per heavy atom. The Hall–Kier alpha value is -4.32. The van der Waals surface area contributed by atoms with E-state index in [2.05, 4.69) is 5.32 Å². The molecule has 0 spiro atoms. The predicted octanol–water partition coefficient (Wildman–Crippen LogP) is 1.80. The molecule has 4 rings (SSSR count). The molecule has 11 nitrogen and oxygen atoms in total. The van der Waals surface area contributed by atoms with Gasteiger partial charge in [0.15, 0.2) is 5.92 Å². The molecule has 0 aliphatic carbocycles. The Morgan fingerprint density at radius 1 is 0.971 bits per heavy atom. The van der Waals surface area contributed by atoms with Gasteiger partial charge in [-0.15, -0.1) is 11.8 Å². The van der Waals surface area contributed by atoms with Gasteiger partial charge >= 0.3 is 18.1 Å². The monoisotopic (exact) mass is 498 g/mol. The Bertz CT molecular complexity index is 1210. The van der Waals surface area contributed by atoms with E-state index in [0.717, 1.165) is 4.90 Å². The number of hydrogen-bond donors (Lipinski definition) is 3. The number of nitrogens with zero attached hydrogens (tertiary/aromatic N) is 1. The van der Waals surface area contributed by atoms with Gasteiger partial charge in [-0.2, -0.15) is 0 Å². The lowest BCUT2D eigenvalue weighted by atomic mass is 9.96. The summed E-state index contributed by atoms with van der Waals surface area (Å²) in [5.41, 5.74) is -0.0785. The van der Waals surface area contributed by atoms with E-state index in [9.17, 15) is 34.2 Å². The van der Waals surface area contributed by atoms with E-state index in [1.807, 2.05) is 0 Å². The van der Waals surface area contributed by atoms with E-state index in [-0.39, 0.29) is 22.8 Å². The fraction of sp³-hybridized carbons (Fsp3) is 0.174. The van der Waals surface area contributed by atoms with Gasteiger partial charge in [-0.05, 0) is 35.9 Å². The van der Waals surface area contributed by atoms with Crippen LogP contribution in [0.4, 0.5) is 4.79 Å². The fourth-order valence-electron chi connectivity index (χ4n) is 3.61. The molecule has 2 aliphatic rings. The maximum atomic E-state index is 12.8. The summed E-state index contributed by atoms with van der Waals surface area (Å²) in [6, 6.07) is 12.4. The number of carboxylic acid groups (broad SMARTS) is 2. The highest BCUT2D eigenvalue weighted by atomic mass is 32.2. The molecule has 0 saturated carbocycles. The van der Waals surface area contributed by atoms with E-state index >= 15 is 0 Å². The number of ether oxygens (including phenoxy) is 2. The third-order valence-corrected chi connectivity index (χ3v) is 6.41. The quantitative estimate of drug-likeness (QED) is 0.222. The van der Waals surface area contributed by atoms with Gasteiger partial charge in [0, 0.05) is 5.75 Å². The second-order valence-corrected chi connectivity index (χ2v) is 8.57. The molecule has 2 heterocycles. The molecule has 3 atom stereocenters. The summed E-state index contributed by atoms with van der Waals surface area (Å²) >= 11 is 1.25. The highest BCUT2D eigenvalue weighted by molar-refractivity contribution is 8.00. The van der Waals surface area contributed by atoms with Crippen LogP contribution in [0.1, 0.15) is 11.5 Å². The lowest BCUT2D eigenvalue weighted by molar-refractivity contribution is -0.152. The first-order valence-electron chi connectivity index (χ1n) is 10.2. The van der Waals surface area contributed by atoms with Crippen LogP contribution in [-0.2, 0) is 19.2 Å². The summed E-state index contributed by atoms with van der Waals surface area (Å²) in [5, 5.41) is 20.7. The molecule has 2 aromatic rings. The van der Waals surface area contributed by atoms with Crippen molar-refractivity contribution in [1.82, 2.24) is 10.2 Å². The second kappa shape index (κ2) is 9.89. The van der Waals surface area contributed by atoms with Crippen LogP contribution in [0.2, 0.25) is 0 Å². The molecule has 0 radical (unpaired) electrons. The van der Waals surface area contributed by atoms with Crippen molar-refractivity contribution in [2.24, 2.45) is 0 Å². The SMILES string of the molecule is O=C(Oc1ccccc1)Oc1ccc(C(C(=O)O)C(=O)NC2C(=O)N3C(C(=O)O)=CCS[C@@H]23)cc1. The summed E-state index contributed by atoms with van der Waals surface area (Å²) < 4.78 is 10.1. The van der Waals surface area contributed by atoms with Gasteiger partial charge in [-0.25, -0.2) is 9.59 Å². The van der Waals surface area contributed by atoms with Gasteiger partial charge in [0.05, 0.1) is 0 Å². The first kappa shape index (κ1) is 23.8. The Kier molecular flexibility index (Phi) is 6.73. The van der Waals surface area contributed by atoms with Crippen molar-refractivity contribution < 1.29 is 43.7 Å². The maximum Gasteiger partial charge on any atom is 0.519 e. The minimum atomic E-state index is -1.65. The number of hydrogen-bond acceptors (Lipinski definition) is 8. The van der Waals surface area contributed by atoms with Crippen LogP contribution >= 0.6 is 11.8 Å². The summed E-state index contributed by atoms with van der Waals surface area (Å²) in [5.74, 6) is -5.24. The Labute approximate surface area is 202 Å². The van der Waals surface area contributed by atoms with E-state index in [1.54, 1.807) is 30.3 Å². The van der Waals surface area contributed by atoms with Crippen molar-refractivity contribution in [3.05, 3.63) is 71.9 Å². The average molecular weight is 498 g/mol. The van der Waals surface area contributed by atoms with Crippen molar-refractivity contribution >= 4 is 41.7 Å². The van der Waals surface area contributed by atoms with Crippen molar-refractivity contribution in [2.45, 2.75) is 17.3 Å². The van der Waals surface area contributed by atoms with Crippen molar-refractivity contribution in [1.29, 1.82) is 0 Å². The van der Waals surface area contributed by atoms with Gasteiger partial charge in [-0.1, -0.05) is 30.3 Å². The zero-order valence-corrected chi connectivity index (χ0v) is 18.6. The molecule has 1 fully saturated rings. The van der Waals surface area contributed by atoms with Crippen LogP contribution in [0.15, 0.2) is 66.4 Å².